The Hall–Kier alpha value is -4.81. The summed E-state index contributed by atoms with van der Waals surface area (Å²) >= 11 is 0. The topological polar surface area (TPSA) is 102 Å². The van der Waals surface area contributed by atoms with Crippen LogP contribution in [0, 0.1) is 5.82 Å². The van der Waals surface area contributed by atoms with Crippen LogP contribution in [0.3, 0.4) is 0 Å². The molecule has 4 heterocycles. The first-order valence-corrected chi connectivity index (χ1v) is 14.8. The zero-order chi connectivity index (χ0) is 31.5. The molecule has 1 amide bonds. The summed E-state index contributed by atoms with van der Waals surface area (Å²) in [6, 6.07) is 4.65. The summed E-state index contributed by atoms with van der Waals surface area (Å²) < 4.78 is 51.1. The van der Waals surface area contributed by atoms with Gasteiger partial charge in [-0.3, -0.25) is 4.79 Å². The predicted molar refractivity (Wildman–Crippen MR) is 161 cm³/mol. The molecule has 0 spiro atoms. The van der Waals surface area contributed by atoms with Crippen LogP contribution in [0.1, 0.15) is 61.5 Å². The third-order valence-corrected chi connectivity index (χ3v) is 8.27. The summed E-state index contributed by atoms with van der Waals surface area (Å²) in [6.07, 6.45) is 9.67. The number of hydrogen-bond donors (Lipinski definition) is 0. The monoisotopic (exact) mass is 616 g/mol. The van der Waals surface area contributed by atoms with Gasteiger partial charge in [0.05, 0.1) is 31.1 Å². The van der Waals surface area contributed by atoms with E-state index < -0.39 is 11.7 Å². The molecule has 0 saturated heterocycles. The minimum absolute atomic E-state index is 0.0143. The number of hydrogen-bond acceptors (Lipinski definition) is 8. The van der Waals surface area contributed by atoms with Crippen molar-refractivity contribution in [2.45, 2.75) is 57.0 Å². The summed E-state index contributed by atoms with van der Waals surface area (Å²) in [5.41, 5.74) is 2.24. The van der Waals surface area contributed by atoms with E-state index in [1.807, 2.05) is 0 Å². The summed E-state index contributed by atoms with van der Waals surface area (Å²) in [4.78, 5) is 39.0. The molecule has 0 atom stereocenters. The number of anilines is 2. The highest BCUT2D eigenvalue weighted by atomic mass is 19.3. The molecule has 3 aromatic heterocycles. The Morgan fingerprint density at radius 1 is 1.13 bits per heavy atom. The standard InChI is InChI=1S/C32H31F3N8O2/c1-4-11-42-23-13-36-28(26-27(19-6-7-19)37-17-38-31(26)45-3)40-30(23)41(16-25(42)44)14-18-5-10-21(22(33)12-18)29-39-24(32(2,34)35)15-43(29)20-8-9-20/h4-5,10,12-13,15,17,19-20H,1,6-9,11,14,16H2,2-3H3. The van der Waals surface area contributed by atoms with E-state index in [2.05, 4.69) is 26.5 Å². The zero-order valence-corrected chi connectivity index (χ0v) is 24.9. The molecule has 0 unspecified atom stereocenters. The largest absolute Gasteiger partial charge is 0.480 e. The van der Waals surface area contributed by atoms with Crippen LogP contribution in [-0.4, -0.2) is 55.6 Å². The molecule has 0 bridgehead atoms. The van der Waals surface area contributed by atoms with Crippen molar-refractivity contribution in [3.8, 4) is 28.7 Å². The van der Waals surface area contributed by atoms with Gasteiger partial charge in [-0.05, 0) is 43.4 Å². The molecule has 2 aliphatic carbocycles. The third kappa shape index (κ3) is 5.40. The van der Waals surface area contributed by atoms with Gasteiger partial charge < -0.3 is 19.1 Å². The van der Waals surface area contributed by atoms with Gasteiger partial charge in [-0.15, -0.1) is 6.58 Å². The van der Waals surface area contributed by atoms with E-state index in [9.17, 15) is 13.6 Å². The van der Waals surface area contributed by atoms with E-state index in [-0.39, 0.29) is 54.6 Å². The first kappa shape index (κ1) is 28.9. The van der Waals surface area contributed by atoms with Crippen molar-refractivity contribution >= 4 is 17.4 Å². The average Bonchev–Trinajstić information content (AvgIpc) is 3.96. The number of carbonyl (C=O) groups excluding carboxylic acids is 1. The number of rotatable bonds is 10. The van der Waals surface area contributed by atoms with Crippen LogP contribution >= 0.6 is 0 Å². The highest BCUT2D eigenvalue weighted by Crippen LogP contribution is 2.46. The molecule has 2 saturated carbocycles. The maximum absolute atomic E-state index is 15.7. The molecule has 10 nitrogen and oxygen atoms in total. The van der Waals surface area contributed by atoms with Crippen LogP contribution in [0.25, 0.3) is 22.8 Å². The van der Waals surface area contributed by atoms with E-state index in [0.29, 0.717) is 34.3 Å². The number of imidazole rings is 1. The van der Waals surface area contributed by atoms with E-state index in [1.165, 1.54) is 25.7 Å². The molecule has 1 aliphatic heterocycles. The van der Waals surface area contributed by atoms with E-state index in [0.717, 1.165) is 38.3 Å². The number of nitrogens with zero attached hydrogens (tertiary/aromatic N) is 8. The average molecular weight is 617 g/mol. The molecule has 13 heteroatoms. The summed E-state index contributed by atoms with van der Waals surface area (Å²) in [5, 5.41) is 0. The molecule has 45 heavy (non-hydrogen) atoms. The highest BCUT2D eigenvalue weighted by molar-refractivity contribution is 6.02. The second kappa shape index (κ2) is 11.0. The maximum atomic E-state index is 15.7. The summed E-state index contributed by atoms with van der Waals surface area (Å²) in [7, 11) is 1.53. The first-order valence-electron chi connectivity index (χ1n) is 14.8. The Morgan fingerprint density at radius 3 is 2.60 bits per heavy atom. The molecule has 232 valence electrons. The van der Waals surface area contributed by atoms with Crippen molar-refractivity contribution in [3.63, 3.8) is 0 Å². The van der Waals surface area contributed by atoms with Crippen molar-refractivity contribution in [1.82, 2.24) is 29.5 Å². The smallest absolute Gasteiger partial charge is 0.288 e. The number of aromatic nitrogens is 6. The van der Waals surface area contributed by atoms with Crippen LogP contribution in [0.2, 0.25) is 0 Å². The molecule has 2 fully saturated rings. The van der Waals surface area contributed by atoms with E-state index in [4.69, 9.17) is 9.72 Å². The molecular formula is C32H31F3N8O2. The first-order chi connectivity index (χ1) is 21.7. The number of alkyl halides is 2. The van der Waals surface area contributed by atoms with Gasteiger partial charge in [0.2, 0.25) is 11.8 Å². The van der Waals surface area contributed by atoms with Gasteiger partial charge in [0.15, 0.2) is 11.6 Å². The number of amides is 1. The zero-order valence-electron chi connectivity index (χ0n) is 24.9. The quantitative estimate of drug-likeness (QED) is 0.206. The lowest BCUT2D eigenvalue weighted by Crippen LogP contribution is -2.46. The van der Waals surface area contributed by atoms with Gasteiger partial charge in [0, 0.05) is 38.2 Å². The fourth-order valence-electron chi connectivity index (χ4n) is 5.74. The van der Waals surface area contributed by atoms with Crippen molar-refractivity contribution in [3.05, 3.63) is 72.3 Å². The second-order valence-corrected chi connectivity index (χ2v) is 11.8. The SMILES string of the molecule is C=CCN1C(=O)CN(Cc2ccc(-c3nc(C(C)(F)F)cn3C3CC3)c(F)c2)c2nc(-c3c(OC)ncnc3C3CC3)ncc21. The minimum Gasteiger partial charge on any atom is -0.480 e. The molecule has 1 aromatic carbocycles. The Balaban J connectivity index is 1.25. The fraction of sp³-hybridized carbons (Fsp3) is 0.375. The Bertz CT molecular complexity index is 1810. The van der Waals surface area contributed by atoms with Crippen molar-refractivity contribution in [1.29, 1.82) is 0 Å². The molecule has 3 aliphatic rings. The normalized spacial score (nSPS) is 16.6. The maximum Gasteiger partial charge on any atom is 0.288 e. The lowest BCUT2D eigenvalue weighted by molar-refractivity contribution is -0.117. The number of methoxy groups -OCH3 is 1. The Labute approximate surface area is 257 Å². The van der Waals surface area contributed by atoms with Gasteiger partial charge in [0.25, 0.3) is 5.92 Å². The summed E-state index contributed by atoms with van der Waals surface area (Å²) in [6.45, 7) is 4.97. The van der Waals surface area contributed by atoms with Crippen LogP contribution < -0.4 is 14.5 Å². The Kier molecular flexibility index (Phi) is 7.05. The minimum atomic E-state index is -3.14. The number of fused-ring (bicyclic) bond motifs is 1. The van der Waals surface area contributed by atoms with Gasteiger partial charge in [0.1, 0.15) is 34.9 Å². The highest BCUT2D eigenvalue weighted by Gasteiger charge is 2.36. The molecule has 7 rings (SSSR count). The van der Waals surface area contributed by atoms with Crippen LogP contribution in [0.15, 0.2) is 49.6 Å². The molecule has 0 radical (unpaired) electrons. The van der Waals surface area contributed by atoms with Gasteiger partial charge in [-0.25, -0.2) is 29.3 Å². The second-order valence-electron chi connectivity index (χ2n) is 11.8. The molecule has 4 aromatic rings. The summed E-state index contributed by atoms with van der Waals surface area (Å²) in [5.74, 6) is -2.27. The number of ether oxygens (including phenoxy) is 1. The lowest BCUT2D eigenvalue weighted by atomic mass is 10.1. The van der Waals surface area contributed by atoms with Crippen molar-refractivity contribution in [2.24, 2.45) is 0 Å². The van der Waals surface area contributed by atoms with Crippen LogP contribution in [-0.2, 0) is 17.3 Å². The Morgan fingerprint density at radius 2 is 1.93 bits per heavy atom. The number of carbonyl (C=O) groups is 1. The van der Waals surface area contributed by atoms with Gasteiger partial charge >= 0.3 is 0 Å². The van der Waals surface area contributed by atoms with Crippen LogP contribution in [0.5, 0.6) is 5.88 Å². The van der Waals surface area contributed by atoms with Gasteiger partial charge in [-0.2, -0.15) is 8.78 Å². The third-order valence-electron chi connectivity index (χ3n) is 8.27. The molecular weight excluding hydrogens is 585 g/mol. The van der Waals surface area contributed by atoms with E-state index >= 15 is 4.39 Å². The molecule has 0 N–H and O–H groups in total. The number of benzene rings is 1. The van der Waals surface area contributed by atoms with Gasteiger partial charge in [-0.1, -0.05) is 12.1 Å². The fourth-order valence-corrected chi connectivity index (χ4v) is 5.74. The number of halogens is 3. The van der Waals surface area contributed by atoms with Crippen molar-refractivity contribution in [2.75, 3.05) is 30.0 Å². The van der Waals surface area contributed by atoms with Crippen LogP contribution in [0.4, 0.5) is 24.7 Å². The lowest BCUT2D eigenvalue weighted by Gasteiger charge is -2.35. The van der Waals surface area contributed by atoms with Crippen molar-refractivity contribution < 1.29 is 22.7 Å². The van der Waals surface area contributed by atoms with E-state index in [1.54, 1.807) is 38.8 Å². The predicted octanol–water partition coefficient (Wildman–Crippen LogP) is 5.81.